The SMILES string of the molecule is COC[C@@H](C)OS(=O)(=O)c1ccccc1N. The molecule has 16 heavy (non-hydrogen) atoms. The molecule has 1 aromatic carbocycles. The van der Waals surface area contributed by atoms with Crippen LogP contribution in [0, 0.1) is 0 Å². The molecule has 0 aliphatic carbocycles. The Morgan fingerprint density at radius 2 is 2.00 bits per heavy atom. The van der Waals surface area contributed by atoms with Gasteiger partial charge in [0.1, 0.15) is 4.90 Å². The average Bonchev–Trinajstić information content (AvgIpc) is 2.17. The van der Waals surface area contributed by atoms with Crippen LogP contribution in [0.2, 0.25) is 0 Å². The minimum Gasteiger partial charge on any atom is -0.398 e. The number of benzene rings is 1. The van der Waals surface area contributed by atoms with E-state index in [0.29, 0.717) is 0 Å². The van der Waals surface area contributed by atoms with Crippen molar-refractivity contribution >= 4 is 15.8 Å². The van der Waals surface area contributed by atoms with Crippen molar-refractivity contribution in [3.63, 3.8) is 0 Å². The Labute approximate surface area is 95.3 Å². The minimum atomic E-state index is -3.82. The molecule has 0 radical (unpaired) electrons. The van der Waals surface area contributed by atoms with Crippen LogP contribution in [0.15, 0.2) is 29.2 Å². The third-order valence-corrected chi connectivity index (χ3v) is 3.37. The van der Waals surface area contributed by atoms with Crippen molar-refractivity contribution < 1.29 is 17.3 Å². The van der Waals surface area contributed by atoms with Crippen LogP contribution in [-0.2, 0) is 19.0 Å². The van der Waals surface area contributed by atoms with Crippen molar-refractivity contribution in [2.24, 2.45) is 0 Å². The molecule has 0 bridgehead atoms. The molecule has 1 atom stereocenters. The third-order valence-electron chi connectivity index (χ3n) is 1.88. The number of nitrogens with two attached hydrogens (primary N) is 1. The number of ether oxygens (including phenoxy) is 1. The second-order valence-corrected chi connectivity index (χ2v) is 4.89. The molecule has 0 aromatic heterocycles. The van der Waals surface area contributed by atoms with Gasteiger partial charge in [0.25, 0.3) is 10.1 Å². The molecule has 0 amide bonds. The van der Waals surface area contributed by atoms with E-state index < -0.39 is 16.2 Å². The summed E-state index contributed by atoms with van der Waals surface area (Å²) in [6.07, 6.45) is -0.547. The molecule has 1 aromatic rings. The molecule has 6 heteroatoms. The second-order valence-electron chi connectivity index (χ2n) is 3.35. The highest BCUT2D eigenvalue weighted by molar-refractivity contribution is 7.87. The zero-order valence-corrected chi connectivity index (χ0v) is 10.0. The molecule has 0 aliphatic rings. The lowest BCUT2D eigenvalue weighted by Gasteiger charge is -2.12. The molecule has 0 unspecified atom stereocenters. The Morgan fingerprint density at radius 3 is 2.56 bits per heavy atom. The van der Waals surface area contributed by atoms with Gasteiger partial charge < -0.3 is 10.5 Å². The number of anilines is 1. The van der Waals surface area contributed by atoms with Gasteiger partial charge in [-0.2, -0.15) is 8.42 Å². The Morgan fingerprint density at radius 1 is 1.38 bits per heavy atom. The maximum Gasteiger partial charge on any atom is 0.299 e. The van der Waals surface area contributed by atoms with Crippen LogP contribution in [0.5, 0.6) is 0 Å². The molecular weight excluding hydrogens is 230 g/mol. The molecule has 0 fully saturated rings. The predicted octanol–water partition coefficient (Wildman–Crippen LogP) is 1.01. The highest BCUT2D eigenvalue weighted by atomic mass is 32.2. The maximum absolute atomic E-state index is 11.8. The lowest BCUT2D eigenvalue weighted by Crippen LogP contribution is -2.20. The van der Waals surface area contributed by atoms with Crippen LogP contribution < -0.4 is 5.73 Å². The second kappa shape index (κ2) is 5.29. The topological polar surface area (TPSA) is 78.6 Å². The summed E-state index contributed by atoms with van der Waals surface area (Å²) in [5, 5.41) is 0. The van der Waals surface area contributed by atoms with Gasteiger partial charge in [-0.3, -0.25) is 4.18 Å². The van der Waals surface area contributed by atoms with Crippen LogP contribution in [0.3, 0.4) is 0 Å². The summed E-state index contributed by atoms with van der Waals surface area (Å²) in [5.41, 5.74) is 5.74. The van der Waals surface area contributed by atoms with E-state index >= 15 is 0 Å². The number of rotatable bonds is 5. The first-order valence-corrected chi connectivity index (χ1v) is 6.15. The first-order valence-electron chi connectivity index (χ1n) is 4.74. The molecule has 0 saturated carbocycles. The predicted molar refractivity (Wildman–Crippen MR) is 60.5 cm³/mol. The van der Waals surface area contributed by atoms with E-state index in [0.717, 1.165) is 0 Å². The first kappa shape index (κ1) is 13.0. The highest BCUT2D eigenvalue weighted by Crippen LogP contribution is 2.20. The van der Waals surface area contributed by atoms with Gasteiger partial charge in [-0.1, -0.05) is 12.1 Å². The van der Waals surface area contributed by atoms with Crippen molar-refractivity contribution in [1.82, 2.24) is 0 Å². The molecule has 0 aliphatic heterocycles. The van der Waals surface area contributed by atoms with E-state index in [9.17, 15) is 8.42 Å². The van der Waals surface area contributed by atoms with E-state index in [1.165, 1.54) is 19.2 Å². The van der Waals surface area contributed by atoms with Gasteiger partial charge in [-0.25, -0.2) is 0 Å². The molecule has 0 saturated heterocycles. The summed E-state index contributed by atoms with van der Waals surface area (Å²) >= 11 is 0. The van der Waals surface area contributed by atoms with Crippen LogP contribution >= 0.6 is 0 Å². The van der Waals surface area contributed by atoms with Gasteiger partial charge in [0, 0.05) is 7.11 Å². The fraction of sp³-hybridized carbons (Fsp3) is 0.400. The number of para-hydroxylation sites is 1. The Bertz CT molecular complexity index is 444. The fourth-order valence-electron chi connectivity index (χ4n) is 1.24. The molecular formula is C10H15NO4S. The van der Waals surface area contributed by atoms with Crippen LogP contribution in [0.4, 0.5) is 5.69 Å². The van der Waals surface area contributed by atoms with Gasteiger partial charge >= 0.3 is 0 Å². The number of nitrogen functional groups attached to an aromatic ring is 1. The van der Waals surface area contributed by atoms with Crippen LogP contribution in [0.25, 0.3) is 0 Å². The van der Waals surface area contributed by atoms with E-state index in [1.807, 2.05) is 0 Å². The summed E-state index contributed by atoms with van der Waals surface area (Å²) in [4.78, 5) is -0.0158. The molecule has 2 N–H and O–H groups in total. The van der Waals surface area contributed by atoms with Gasteiger partial charge in [-0.15, -0.1) is 0 Å². The molecule has 0 heterocycles. The first-order chi connectivity index (χ1) is 7.47. The molecule has 5 nitrogen and oxygen atoms in total. The Balaban J connectivity index is 2.91. The Kier molecular flexibility index (Phi) is 4.28. The summed E-state index contributed by atoms with van der Waals surface area (Å²) in [7, 11) is -2.34. The maximum atomic E-state index is 11.8. The zero-order valence-electron chi connectivity index (χ0n) is 9.21. The van der Waals surface area contributed by atoms with Gasteiger partial charge in [0.2, 0.25) is 0 Å². The van der Waals surface area contributed by atoms with Gasteiger partial charge in [0.15, 0.2) is 0 Å². The summed E-state index contributed by atoms with van der Waals surface area (Å²) in [6.45, 7) is 1.81. The summed E-state index contributed by atoms with van der Waals surface area (Å²) < 4.78 is 33.3. The van der Waals surface area contributed by atoms with E-state index in [4.69, 9.17) is 14.7 Å². The number of hydrogen-bond acceptors (Lipinski definition) is 5. The van der Waals surface area contributed by atoms with Crippen molar-refractivity contribution in [3.05, 3.63) is 24.3 Å². The lowest BCUT2D eigenvalue weighted by atomic mass is 10.3. The highest BCUT2D eigenvalue weighted by Gasteiger charge is 2.21. The van der Waals surface area contributed by atoms with E-state index in [-0.39, 0.29) is 17.2 Å². The van der Waals surface area contributed by atoms with Crippen molar-refractivity contribution in [2.75, 3.05) is 19.5 Å². The summed E-state index contributed by atoms with van der Waals surface area (Å²) in [5.74, 6) is 0. The standard InChI is InChI=1S/C10H15NO4S/c1-8(7-14-2)15-16(12,13)10-6-4-3-5-9(10)11/h3-6,8H,7,11H2,1-2H3/t8-/m1/s1. The van der Waals surface area contributed by atoms with Crippen LogP contribution in [0.1, 0.15) is 6.92 Å². The van der Waals surface area contributed by atoms with E-state index in [1.54, 1.807) is 19.1 Å². The lowest BCUT2D eigenvalue weighted by molar-refractivity contribution is 0.0962. The molecule has 1 rings (SSSR count). The molecule has 0 spiro atoms. The normalized spacial score (nSPS) is 13.6. The Hall–Kier alpha value is -1.11. The average molecular weight is 245 g/mol. The van der Waals surface area contributed by atoms with Crippen molar-refractivity contribution in [2.45, 2.75) is 17.9 Å². The smallest absolute Gasteiger partial charge is 0.299 e. The monoisotopic (exact) mass is 245 g/mol. The zero-order chi connectivity index (χ0) is 12.2. The largest absolute Gasteiger partial charge is 0.398 e. The fourth-order valence-corrected chi connectivity index (χ4v) is 2.43. The summed E-state index contributed by atoms with van der Waals surface area (Å²) in [6, 6.07) is 6.17. The van der Waals surface area contributed by atoms with Crippen molar-refractivity contribution in [3.8, 4) is 0 Å². The van der Waals surface area contributed by atoms with E-state index in [2.05, 4.69) is 0 Å². The van der Waals surface area contributed by atoms with Crippen molar-refractivity contribution in [1.29, 1.82) is 0 Å². The molecule has 90 valence electrons. The minimum absolute atomic E-state index is 0.0158. The van der Waals surface area contributed by atoms with Gasteiger partial charge in [0.05, 0.1) is 18.4 Å². The number of hydrogen-bond donors (Lipinski definition) is 1. The third kappa shape index (κ3) is 3.19. The van der Waals surface area contributed by atoms with Gasteiger partial charge in [-0.05, 0) is 19.1 Å². The van der Waals surface area contributed by atoms with Crippen LogP contribution in [-0.4, -0.2) is 28.2 Å². The number of methoxy groups -OCH3 is 1. The quantitative estimate of drug-likeness (QED) is 0.618.